The van der Waals surface area contributed by atoms with Gasteiger partial charge >= 0.3 is 11.9 Å². The highest BCUT2D eigenvalue weighted by Gasteiger charge is 2.23. The van der Waals surface area contributed by atoms with Gasteiger partial charge in [0.15, 0.2) is 6.61 Å². The first-order valence-electron chi connectivity index (χ1n) is 9.82. The van der Waals surface area contributed by atoms with Crippen molar-refractivity contribution in [3.05, 3.63) is 81.2 Å². The second-order valence-corrected chi connectivity index (χ2v) is 8.32. The molecule has 1 N–H and O–H groups in total. The van der Waals surface area contributed by atoms with Crippen LogP contribution in [0.4, 0.5) is 5.00 Å². The van der Waals surface area contributed by atoms with Crippen molar-refractivity contribution in [2.75, 3.05) is 18.5 Å². The van der Waals surface area contributed by atoms with E-state index in [1.807, 2.05) is 30.3 Å². The molecule has 0 saturated carbocycles. The van der Waals surface area contributed by atoms with E-state index >= 15 is 0 Å². The summed E-state index contributed by atoms with van der Waals surface area (Å²) in [5, 5.41) is 5.56. The van der Waals surface area contributed by atoms with Gasteiger partial charge in [0.25, 0.3) is 5.91 Å². The molecule has 0 fully saturated rings. The number of hydrogen-bond donors (Lipinski definition) is 1. The van der Waals surface area contributed by atoms with Crippen molar-refractivity contribution in [1.29, 1.82) is 0 Å². The molecule has 0 spiro atoms. The monoisotopic (exact) mass is 503 g/mol. The van der Waals surface area contributed by atoms with E-state index in [2.05, 4.69) is 5.32 Å². The summed E-state index contributed by atoms with van der Waals surface area (Å²) in [5.41, 5.74) is 2.29. The van der Waals surface area contributed by atoms with Crippen molar-refractivity contribution >= 4 is 63.5 Å². The largest absolute Gasteiger partial charge is 0.462 e. The summed E-state index contributed by atoms with van der Waals surface area (Å²) in [4.78, 5) is 36.9. The van der Waals surface area contributed by atoms with Gasteiger partial charge in [-0.1, -0.05) is 59.6 Å². The fraction of sp³-hybridized carbons (Fsp3) is 0.125. The van der Waals surface area contributed by atoms with Crippen LogP contribution in [0.5, 0.6) is 0 Å². The van der Waals surface area contributed by atoms with Crippen molar-refractivity contribution in [3.63, 3.8) is 0 Å². The van der Waals surface area contributed by atoms with E-state index in [4.69, 9.17) is 32.7 Å². The number of amides is 1. The summed E-state index contributed by atoms with van der Waals surface area (Å²) in [7, 11) is 0. The third-order valence-electron chi connectivity index (χ3n) is 4.32. The highest BCUT2D eigenvalue weighted by molar-refractivity contribution is 7.15. The molecule has 0 aliphatic carbocycles. The molecule has 1 amide bonds. The Morgan fingerprint density at radius 2 is 1.82 bits per heavy atom. The average molecular weight is 504 g/mol. The molecule has 0 atom stereocenters. The van der Waals surface area contributed by atoms with Gasteiger partial charge in [-0.25, -0.2) is 9.59 Å². The Hall–Kier alpha value is -3.13. The average Bonchev–Trinajstić information content (AvgIpc) is 3.21. The molecule has 0 aliphatic rings. The van der Waals surface area contributed by atoms with Crippen molar-refractivity contribution in [1.82, 2.24) is 0 Å². The van der Waals surface area contributed by atoms with Crippen LogP contribution < -0.4 is 5.32 Å². The molecule has 0 saturated heterocycles. The summed E-state index contributed by atoms with van der Waals surface area (Å²) in [6.07, 6.45) is 2.62. The Morgan fingerprint density at radius 3 is 2.52 bits per heavy atom. The molecule has 1 aromatic heterocycles. The van der Waals surface area contributed by atoms with Gasteiger partial charge in [0.1, 0.15) is 10.6 Å². The fourth-order valence-corrected chi connectivity index (χ4v) is 4.27. The minimum atomic E-state index is -0.724. The molecular formula is C24H19Cl2NO5S. The maximum atomic E-state index is 12.6. The lowest BCUT2D eigenvalue weighted by Crippen LogP contribution is -2.21. The maximum Gasteiger partial charge on any atom is 0.341 e. The minimum absolute atomic E-state index is 0.192. The number of esters is 2. The van der Waals surface area contributed by atoms with E-state index in [1.54, 1.807) is 30.5 Å². The van der Waals surface area contributed by atoms with Gasteiger partial charge in [0, 0.05) is 27.1 Å². The van der Waals surface area contributed by atoms with E-state index in [1.165, 1.54) is 17.4 Å². The maximum absolute atomic E-state index is 12.6. The van der Waals surface area contributed by atoms with Crippen LogP contribution in [-0.2, 0) is 19.1 Å². The Morgan fingerprint density at radius 1 is 1.06 bits per heavy atom. The predicted molar refractivity (Wildman–Crippen MR) is 131 cm³/mol. The van der Waals surface area contributed by atoms with Crippen LogP contribution in [0.2, 0.25) is 10.0 Å². The predicted octanol–water partition coefficient (Wildman–Crippen LogP) is 6.09. The zero-order chi connectivity index (χ0) is 23.8. The Bertz CT molecular complexity index is 1190. The van der Waals surface area contributed by atoms with Crippen LogP contribution in [0.25, 0.3) is 17.2 Å². The summed E-state index contributed by atoms with van der Waals surface area (Å²) in [6.45, 7) is 1.37. The van der Waals surface area contributed by atoms with Crippen LogP contribution in [-0.4, -0.2) is 31.1 Å². The number of anilines is 1. The Labute approximate surface area is 204 Å². The molecule has 33 heavy (non-hydrogen) atoms. The second-order valence-electron chi connectivity index (χ2n) is 6.60. The zero-order valence-electron chi connectivity index (χ0n) is 17.5. The molecule has 3 rings (SSSR count). The molecule has 2 aromatic carbocycles. The molecule has 0 bridgehead atoms. The number of hydrogen-bond acceptors (Lipinski definition) is 6. The van der Waals surface area contributed by atoms with Gasteiger partial charge in [-0.15, -0.1) is 11.3 Å². The van der Waals surface area contributed by atoms with E-state index in [0.29, 0.717) is 26.2 Å². The fourth-order valence-electron chi connectivity index (χ4n) is 2.83. The molecule has 0 unspecified atom stereocenters. The summed E-state index contributed by atoms with van der Waals surface area (Å²) in [6, 6.07) is 14.1. The van der Waals surface area contributed by atoms with Crippen molar-refractivity contribution in [2.24, 2.45) is 0 Å². The molecule has 170 valence electrons. The minimum Gasteiger partial charge on any atom is -0.462 e. The van der Waals surface area contributed by atoms with Crippen LogP contribution in [0, 0.1) is 0 Å². The van der Waals surface area contributed by atoms with Gasteiger partial charge < -0.3 is 14.8 Å². The second kappa shape index (κ2) is 11.7. The van der Waals surface area contributed by atoms with Gasteiger partial charge in [0.2, 0.25) is 0 Å². The van der Waals surface area contributed by atoms with E-state index in [9.17, 15) is 14.4 Å². The number of nitrogens with one attached hydrogen (secondary N) is 1. The lowest BCUT2D eigenvalue weighted by Gasteiger charge is -2.09. The first kappa shape index (κ1) is 24.5. The number of rotatable bonds is 8. The zero-order valence-corrected chi connectivity index (χ0v) is 19.8. The third kappa shape index (κ3) is 6.68. The van der Waals surface area contributed by atoms with Crippen molar-refractivity contribution < 1.29 is 23.9 Å². The van der Waals surface area contributed by atoms with Gasteiger partial charge in [0.05, 0.1) is 6.61 Å². The smallest absolute Gasteiger partial charge is 0.341 e. The van der Waals surface area contributed by atoms with Crippen molar-refractivity contribution in [3.8, 4) is 11.1 Å². The molecule has 0 radical (unpaired) electrons. The molecule has 9 heteroatoms. The lowest BCUT2D eigenvalue weighted by atomic mass is 10.0. The Balaban J connectivity index is 1.66. The molecule has 6 nitrogen and oxygen atoms in total. The van der Waals surface area contributed by atoms with Crippen molar-refractivity contribution in [2.45, 2.75) is 6.92 Å². The van der Waals surface area contributed by atoms with Crippen LogP contribution in [0.3, 0.4) is 0 Å². The first-order chi connectivity index (χ1) is 15.9. The Kier molecular flexibility index (Phi) is 8.65. The topological polar surface area (TPSA) is 81.7 Å². The molecule has 3 aromatic rings. The molecule has 1 heterocycles. The standard InChI is InChI=1S/C24H19Cl2NO5S/c1-2-31-24(30)22-18(15-6-4-3-5-7-15)14-33-23(22)27-20(28)13-32-21(29)11-9-16-8-10-17(25)12-19(16)26/h3-12,14H,2,13H2,1H3,(H,27,28)/b11-9+. The summed E-state index contributed by atoms with van der Waals surface area (Å²) < 4.78 is 10.1. The summed E-state index contributed by atoms with van der Waals surface area (Å²) >= 11 is 13.1. The normalized spacial score (nSPS) is 10.8. The van der Waals surface area contributed by atoms with Gasteiger partial charge in [-0.2, -0.15) is 0 Å². The number of benzene rings is 2. The third-order valence-corrected chi connectivity index (χ3v) is 5.77. The SMILES string of the molecule is CCOC(=O)c1c(-c2ccccc2)csc1NC(=O)COC(=O)/C=C/c1ccc(Cl)cc1Cl. The highest BCUT2D eigenvalue weighted by atomic mass is 35.5. The quantitative estimate of drug-likeness (QED) is 0.297. The highest BCUT2D eigenvalue weighted by Crippen LogP contribution is 2.36. The van der Waals surface area contributed by atoms with E-state index < -0.39 is 24.5 Å². The lowest BCUT2D eigenvalue weighted by molar-refractivity contribution is -0.142. The van der Waals surface area contributed by atoms with Crippen LogP contribution in [0.15, 0.2) is 60.0 Å². The molecule has 0 aliphatic heterocycles. The van der Waals surface area contributed by atoms with Crippen LogP contribution >= 0.6 is 34.5 Å². The van der Waals surface area contributed by atoms with Gasteiger partial charge in [-0.3, -0.25) is 4.79 Å². The number of halogens is 2. The molecular weight excluding hydrogens is 485 g/mol. The van der Waals surface area contributed by atoms with E-state index in [0.717, 1.165) is 11.6 Å². The first-order valence-corrected chi connectivity index (χ1v) is 11.5. The van der Waals surface area contributed by atoms with Gasteiger partial charge in [-0.05, 0) is 36.3 Å². The number of thiophene rings is 1. The number of carbonyl (C=O) groups is 3. The van der Waals surface area contributed by atoms with Crippen LogP contribution in [0.1, 0.15) is 22.8 Å². The summed E-state index contributed by atoms with van der Waals surface area (Å²) in [5.74, 6) is -1.86. The van der Waals surface area contributed by atoms with E-state index in [-0.39, 0.29) is 12.2 Å². The number of ether oxygens (including phenoxy) is 2. The number of carbonyl (C=O) groups excluding carboxylic acids is 3.